The molecule has 1 aliphatic rings. The maximum absolute atomic E-state index is 13.5. The van der Waals surface area contributed by atoms with Crippen molar-refractivity contribution >= 4 is 34.8 Å². The number of guanidine groups is 1. The maximum Gasteiger partial charge on any atom is 0.295 e. The Kier molecular flexibility index (Phi) is 12.7. The molecule has 14 heteroatoms. The van der Waals surface area contributed by atoms with Crippen LogP contribution in [0.4, 0.5) is 5.95 Å². The molecule has 0 saturated carbocycles. The third-order valence-electron chi connectivity index (χ3n) is 8.03. The van der Waals surface area contributed by atoms with Gasteiger partial charge in [-0.2, -0.15) is 0 Å². The van der Waals surface area contributed by atoms with Crippen LogP contribution >= 0.6 is 0 Å². The van der Waals surface area contributed by atoms with E-state index < -0.39 is 11.8 Å². The van der Waals surface area contributed by atoms with Crippen molar-refractivity contribution in [2.75, 3.05) is 51.3 Å². The van der Waals surface area contributed by atoms with E-state index in [0.29, 0.717) is 60.4 Å². The number of morpholine rings is 1. The Morgan fingerprint density at radius 3 is 2.60 bits per heavy atom. The van der Waals surface area contributed by atoms with E-state index in [0.717, 1.165) is 45.0 Å². The number of aliphatic imine (C=N–C) groups is 1. The van der Waals surface area contributed by atoms with Gasteiger partial charge in [-0.15, -0.1) is 0 Å². The number of aryl methyl sites for hydroxylation is 2. The molecule has 0 unspecified atom stereocenters. The number of aromatic nitrogens is 3. The van der Waals surface area contributed by atoms with E-state index in [1.54, 1.807) is 19.1 Å². The van der Waals surface area contributed by atoms with Crippen molar-refractivity contribution < 1.29 is 23.5 Å². The molecule has 48 heavy (non-hydrogen) atoms. The lowest BCUT2D eigenvalue weighted by Crippen LogP contribution is -2.42. The van der Waals surface area contributed by atoms with Crippen LogP contribution in [0.5, 0.6) is 5.75 Å². The Labute approximate surface area is 281 Å². The molecule has 0 bridgehead atoms. The Hall–Kier alpha value is -4.69. The summed E-state index contributed by atoms with van der Waals surface area (Å²) in [5, 5.41) is 2.90. The van der Waals surface area contributed by atoms with E-state index in [2.05, 4.69) is 20.2 Å². The van der Waals surface area contributed by atoms with Crippen molar-refractivity contribution in [3.8, 4) is 5.75 Å². The van der Waals surface area contributed by atoms with Gasteiger partial charge < -0.3 is 34.8 Å². The minimum Gasteiger partial charge on any atom is -0.491 e. The third kappa shape index (κ3) is 9.22. The topological polar surface area (TPSA) is 179 Å². The zero-order valence-electron chi connectivity index (χ0n) is 28.9. The lowest BCUT2D eigenvalue weighted by atomic mass is 10.1. The van der Waals surface area contributed by atoms with Gasteiger partial charge in [-0.25, -0.2) is 15.0 Å². The number of anilines is 1. The lowest BCUT2D eigenvalue weighted by Gasteiger charge is -2.26. The minimum absolute atomic E-state index is 0.106. The van der Waals surface area contributed by atoms with Gasteiger partial charge in [-0.05, 0) is 52.7 Å². The number of carbonyl (C=O) groups excluding carboxylic acids is 2. The van der Waals surface area contributed by atoms with Gasteiger partial charge in [0.05, 0.1) is 31.0 Å². The van der Waals surface area contributed by atoms with Gasteiger partial charge in [0, 0.05) is 56.9 Å². The molecule has 1 aliphatic heterocycles. The number of carbonyl (C=O) groups is 2. The second-order valence-corrected chi connectivity index (χ2v) is 11.8. The van der Waals surface area contributed by atoms with Crippen LogP contribution in [-0.4, -0.2) is 94.2 Å². The number of hydrogen-bond donors (Lipinski definition) is 3. The quantitative estimate of drug-likeness (QED) is 0.0936. The molecule has 5 N–H and O–H groups in total. The highest BCUT2D eigenvalue weighted by Crippen LogP contribution is 2.31. The highest BCUT2D eigenvalue weighted by Gasteiger charge is 2.23. The van der Waals surface area contributed by atoms with Crippen molar-refractivity contribution in [3.05, 3.63) is 59.0 Å². The molecule has 3 heterocycles. The van der Waals surface area contributed by atoms with Crippen molar-refractivity contribution in [1.82, 2.24) is 24.3 Å². The van der Waals surface area contributed by atoms with Gasteiger partial charge in [0.15, 0.2) is 11.9 Å². The average Bonchev–Trinajstić information content (AvgIpc) is 3.62. The van der Waals surface area contributed by atoms with Crippen LogP contribution in [0.3, 0.4) is 0 Å². The summed E-state index contributed by atoms with van der Waals surface area (Å²) in [7, 11) is 0. The Morgan fingerprint density at radius 2 is 1.94 bits per heavy atom. The zero-order chi connectivity index (χ0) is 34.8. The molecule has 3 aromatic rings. The van der Waals surface area contributed by atoms with Crippen LogP contribution in [0.2, 0.25) is 0 Å². The molecular weight excluding hydrogens is 614 g/mol. The lowest BCUT2D eigenvalue weighted by molar-refractivity contribution is 0.0358. The average molecular weight is 664 g/mol. The molecule has 0 radical (unpaired) electrons. The van der Waals surface area contributed by atoms with E-state index in [4.69, 9.17) is 30.3 Å². The molecule has 1 fully saturated rings. The number of oxazole rings is 1. The zero-order valence-corrected chi connectivity index (χ0v) is 28.9. The van der Waals surface area contributed by atoms with Gasteiger partial charge in [-0.3, -0.25) is 19.8 Å². The fourth-order valence-electron chi connectivity index (χ4n) is 5.34. The largest absolute Gasteiger partial charge is 0.491 e. The minimum atomic E-state index is -0.610. The number of hydrogen-bond acceptors (Lipinski definition) is 9. The molecule has 1 aromatic carbocycles. The number of amides is 2. The number of nitrogens with one attached hydrogen (secondary N) is 1. The van der Waals surface area contributed by atoms with Crippen LogP contribution in [0, 0.1) is 6.92 Å². The predicted molar refractivity (Wildman–Crippen MR) is 186 cm³/mol. The second kappa shape index (κ2) is 16.9. The first kappa shape index (κ1) is 36.2. The summed E-state index contributed by atoms with van der Waals surface area (Å²) in [6.45, 7) is 16.8. The summed E-state index contributed by atoms with van der Waals surface area (Å²) < 4.78 is 19.2. The molecule has 2 aromatic heterocycles. The van der Waals surface area contributed by atoms with E-state index >= 15 is 0 Å². The van der Waals surface area contributed by atoms with Crippen LogP contribution < -0.4 is 21.5 Å². The molecule has 1 saturated heterocycles. The highest BCUT2D eigenvalue weighted by molar-refractivity contribution is 6.04. The number of nitrogens with zero attached hydrogens (tertiary/aromatic N) is 6. The number of imidazole rings is 1. The Morgan fingerprint density at radius 1 is 1.19 bits per heavy atom. The molecule has 0 spiro atoms. The first-order chi connectivity index (χ1) is 23.0. The fraction of sp³-hybridized carbons (Fsp3) is 0.500. The van der Waals surface area contributed by atoms with E-state index in [1.807, 2.05) is 62.3 Å². The highest BCUT2D eigenvalue weighted by atomic mass is 16.5. The van der Waals surface area contributed by atoms with Crippen LogP contribution in [0.25, 0.3) is 11.0 Å². The molecule has 0 aliphatic carbocycles. The standard InChI is InChI=1S/C34H49N9O5/c1-7-23(5)37-33(36)42(22(3)4)13-9-10-14-43-29-27(39-34(43)40-32(45)30-26(8-2)38-24(6)48-30)20-25(31(35)44)21-28(29)47-17-11-12-41-15-18-46-19-16-41/h7,9-10,20-22H,8,11-19H2,1-6H3,(H2,35,44)(H2,36,37)(H,39,40,45)/b10-9+,23-7+. The summed E-state index contributed by atoms with van der Waals surface area (Å²) in [4.78, 5) is 43.6. The number of allylic oxidation sites excluding steroid dienone is 3. The van der Waals surface area contributed by atoms with Crippen LogP contribution in [-0.2, 0) is 17.7 Å². The summed E-state index contributed by atoms with van der Waals surface area (Å²) in [5.74, 6) is 0.547. The van der Waals surface area contributed by atoms with Gasteiger partial charge in [0.2, 0.25) is 17.6 Å². The van der Waals surface area contributed by atoms with Crippen LogP contribution in [0.1, 0.15) is 73.5 Å². The fourth-order valence-corrected chi connectivity index (χ4v) is 5.34. The van der Waals surface area contributed by atoms with E-state index in [1.165, 1.54) is 0 Å². The van der Waals surface area contributed by atoms with E-state index in [-0.39, 0.29) is 23.3 Å². The SMILES string of the molecule is C/C=C(C)/N=C(/N)N(C/C=C/Cn1c(NC(=O)c2oc(C)nc2CC)nc2cc(C(N)=O)cc(OCCCN3CCOCC3)c21)C(C)C. The molecule has 260 valence electrons. The van der Waals surface area contributed by atoms with Crippen molar-refractivity contribution in [2.24, 2.45) is 16.5 Å². The predicted octanol–water partition coefficient (Wildman–Crippen LogP) is 3.85. The smallest absolute Gasteiger partial charge is 0.295 e. The summed E-state index contributed by atoms with van der Waals surface area (Å²) in [5.41, 5.74) is 14.7. The van der Waals surface area contributed by atoms with Gasteiger partial charge in [0.1, 0.15) is 11.3 Å². The molecular formula is C34H49N9O5. The second-order valence-electron chi connectivity index (χ2n) is 11.8. The van der Waals surface area contributed by atoms with E-state index in [9.17, 15) is 9.59 Å². The van der Waals surface area contributed by atoms with Gasteiger partial charge >= 0.3 is 0 Å². The Balaban J connectivity index is 1.68. The van der Waals surface area contributed by atoms with Crippen LogP contribution in [0.15, 0.2) is 45.5 Å². The summed E-state index contributed by atoms with van der Waals surface area (Å²) in [6, 6.07) is 3.34. The van der Waals surface area contributed by atoms with Crippen molar-refractivity contribution in [3.63, 3.8) is 0 Å². The first-order valence-electron chi connectivity index (χ1n) is 16.5. The normalized spacial score (nSPS) is 14.7. The number of primary amides is 1. The summed E-state index contributed by atoms with van der Waals surface area (Å²) in [6.07, 6.45) is 7.14. The number of ether oxygens (including phenoxy) is 2. The monoisotopic (exact) mass is 663 g/mol. The summed E-state index contributed by atoms with van der Waals surface area (Å²) >= 11 is 0. The van der Waals surface area contributed by atoms with Crippen molar-refractivity contribution in [2.45, 2.75) is 67.0 Å². The number of rotatable bonds is 15. The first-order valence-corrected chi connectivity index (χ1v) is 16.5. The van der Waals surface area contributed by atoms with Gasteiger partial charge in [-0.1, -0.05) is 25.2 Å². The van der Waals surface area contributed by atoms with Gasteiger partial charge in [0.25, 0.3) is 5.91 Å². The number of benzene rings is 1. The Bertz CT molecular complexity index is 1660. The maximum atomic E-state index is 13.5. The molecule has 4 rings (SSSR count). The number of nitrogens with two attached hydrogens (primary N) is 2. The number of fused-ring (bicyclic) bond motifs is 1. The molecule has 2 amide bonds. The molecule has 14 nitrogen and oxygen atoms in total. The van der Waals surface area contributed by atoms with Crippen molar-refractivity contribution in [1.29, 1.82) is 0 Å². The molecule has 0 atom stereocenters. The third-order valence-corrected chi connectivity index (χ3v) is 8.03.